The highest BCUT2D eigenvalue weighted by molar-refractivity contribution is 9.10. The van der Waals surface area contributed by atoms with E-state index in [2.05, 4.69) is 46.4 Å². The Labute approximate surface area is 106 Å². The molecular formula is C13H20BrNO. The molecule has 0 aromatic heterocycles. The second kappa shape index (κ2) is 5.30. The molecule has 0 aliphatic heterocycles. The van der Waals surface area contributed by atoms with Gasteiger partial charge in [-0.05, 0) is 44.9 Å². The first-order chi connectivity index (χ1) is 7.33. The highest BCUT2D eigenvalue weighted by Gasteiger charge is 2.22. The third-order valence-electron chi connectivity index (χ3n) is 3.03. The van der Waals surface area contributed by atoms with Crippen molar-refractivity contribution in [1.29, 1.82) is 0 Å². The number of hydrogen-bond acceptors (Lipinski definition) is 2. The van der Waals surface area contributed by atoms with Gasteiger partial charge in [0.15, 0.2) is 0 Å². The van der Waals surface area contributed by atoms with Gasteiger partial charge in [-0.3, -0.25) is 0 Å². The third-order valence-corrected chi connectivity index (χ3v) is 3.88. The molecule has 1 atom stereocenters. The lowest BCUT2D eigenvalue weighted by atomic mass is 9.98. The molecule has 3 heteroatoms. The van der Waals surface area contributed by atoms with Crippen LogP contribution in [0.25, 0.3) is 0 Å². The number of aryl methyl sites for hydroxylation is 1. The molecule has 0 aliphatic rings. The highest BCUT2D eigenvalue weighted by atomic mass is 79.9. The Bertz CT molecular complexity index is 361. The summed E-state index contributed by atoms with van der Waals surface area (Å²) in [5.41, 5.74) is 2.18. The van der Waals surface area contributed by atoms with Crippen molar-refractivity contribution in [2.24, 2.45) is 0 Å². The Morgan fingerprint density at radius 3 is 2.56 bits per heavy atom. The van der Waals surface area contributed by atoms with Crippen molar-refractivity contribution < 1.29 is 5.11 Å². The molecule has 0 radical (unpaired) electrons. The zero-order valence-corrected chi connectivity index (χ0v) is 11.9. The average molecular weight is 286 g/mol. The predicted molar refractivity (Wildman–Crippen MR) is 71.5 cm³/mol. The zero-order valence-electron chi connectivity index (χ0n) is 10.3. The maximum atomic E-state index is 9.59. The number of benzene rings is 1. The van der Waals surface area contributed by atoms with Crippen LogP contribution in [0.1, 0.15) is 31.9 Å². The van der Waals surface area contributed by atoms with E-state index < -0.39 is 0 Å². The van der Waals surface area contributed by atoms with Gasteiger partial charge < -0.3 is 10.4 Å². The molecule has 0 amide bonds. The van der Waals surface area contributed by atoms with E-state index in [1.807, 2.05) is 13.8 Å². The molecule has 0 aliphatic carbocycles. The van der Waals surface area contributed by atoms with Crippen LogP contribution in [-0.4, -0.2) is 16.7 Å². The molecule has 0 spiro atoms. The Morgan fingerprint density at radius 1 is 1.44 bits per heavy atom. The Kier molecular flexibility index (Phi) is 4.53. The Morgan fingerprint density at radius 2 is 2.06 bits per heavy atom. The number of aliphatic hydroxyl groups excluding tert-OH is 1. The van der Waals surface area contributed by atoms with Gasteiger partial charge in [0, 0.05) is 16.6 Å². The number of nitrogens with one attached hydrogen (secondary N) is 1. The van der Waals surface area contributed by atoms with E-state index in [4.69, 9.17) is 0 Å². The summed E-state index contributed by atoms with van der Waals surface area (Å²) in [6.07, 6.45) is -0.374. The van der Waals surface area contributed by atoms with Gasteiger partial charge in [0.25, 0.3) is 0 Å². The zero-order chi connectivity index (χ0) is 12.3. The summed E-state index contributed by atoms with van der Waals surface area (Å²) in [7, 11) is 0. The van der Waals surface area contributed by atoms with E-state index in [1.165, 1.54) is 11.1 Å². The van der Waals surface area contributed by atoms with E-state index in [1.54, 1.807) is 6.92 Å². The lowest BCUT2D eigenvalue weighted by Gasteiger charge is -2.29. The van der Waals surface area contributed by atoms with Crippen LogP contribution in [0.3, 0.4) is 0 Å². The average Bonchev–Trinajstić information content (AvgIpc) is 2.20. The van der Waals surface area contributed by atoms with Crippen molar-refractivity contribution >= 4 is 15.9 Å². The van der Waals surface area contributed by atoms with Gasteiger partial charge in [0.2, 0.25) is 0 Å². The van der Waals surface area contributed by atoms with Crippen molar-refractivity contribution in [2.75, 3.05) is 0 Å². The molecule has 90 valence electrons. The summed E-state index contributed by atoms with van der Waals surface area (Å²) >= 11 is 3.52. The quantitative estimate of drug-likeness (QED) is 0.891. The minimum absolute atomic E-state index is 0.267. The lowest BCUT2D eigenvalue weighted by Crippen LogP contribution is -2.47. The number of aliphatic hydroxyl groups is 1. The highest BCUT2D eigenvalue weighted by Crippen LogP contribution is 2.18. The van der Waals surface area contributed by atoms with Crippen molar-refractivity contribution in [2.45, 2.75) is 45.9 Å². The van der Waals surface area contributed by atoms with Gasteiger partial charge in [-0.25, -0.2) is 0 Å². The fraction of sp³-hybridized carbons (Fsp3) is 0.538. The number of rotatable bonds is 4. The van der Waals surface area contributed by atoms with Gasteiger partial charge in [-0.15, -0.1) is 0 Å². The molecule has 2 N–H and O–H groups in total. The van der Waals surface area contributed by atoms with Crippen molar-refractivity contribution in [3.05, 3.63) is 33.8 Å². The molecule has 1 aromatic rings. The molecule has 1 aromatic carbocycles. The minimum atomic E-state index is -0.374. The fourth-order valence-corrected chi connectivity index (χ4v) is 1.65. The summed E-state index contributed by atoms with van der Waals surface area (Å²) in [4.78, 5) is 0. The fourth-order valence-electron chi connectivity index (χ4n) is 1.22. The molecule has 16 heavy (non-hydrogen) atoms. The molecule has 0 saturated heterocycles. The van der Waals surface area contributed by atoms with E-state index >= 15 is 0 Å². The summed E-state index contributed by atoms with van der Waals surface area (Å²) in [5, 5.41) is 12.9. The van der Waals surface area contributed by atoms with E-state index in [9.17, 15) is 5.11 Å². The molecule has 1 unspecified atom stereocenters. The van der Waals surface area contributed by atoms with Gasteiger partial charge in [-0.2, -0.15) is 0 Å². The van der Waals surface area contributed by atoms with Crippen LogP contribution < -0.4 is 5.32 Å². The van der Waals surface area contributed by atoms with Crippen LogP contribution in [0.2, 0.25) is 0 Å². The van der Waals surface area contributed by atoms with E-state index in [-0.39, 0.29) is 11.6 Å². The molecule has 0 bridgehead atoms. The Hall–Kier alpha value is -0.380. The van der Waals surface area contributed by atoms with E-state index in [0.29, 0.717) is 0 Å². The van der Waals surface area contributed by atoms with Crippen LogP contribution in [0.15, 0.2) is 22.7 Å². The van der Waals surface area contributed by atoms with Crippen molar-refractivity contribution in [3.63, 3.8) is 0 Å². The second-order valence-corrected chi connectivity index (χ2v) is 5.69. The van der Waals surface area contributed by atoms with Crippen LogP contribution in [0.5, 0.6) is 0 Å². The first kappa shape index (κ1) is 13.7. The van der Waals surface area contributed by atoms with Gasteiger partial charge in [0.1, 0.15) is 0 Å². The monoisotopic (exact) mass is 285 g/mol. The molecule has 2 nitrogen and oxygen atoms in total. The topological polar surface area (TPSA) is 32.3 Å². The van der Waals surface area contributed by atoms with Gasteiger partial charge in [0.05, 0.1) is 6.10 Å². The van der Waals surface area contributed by atoms with Crippen molar-refractivity contribution in [1.82, 2.24) is 5.32 Å². The minimum Gasteiger partial charge on any atom is -0.392 e. The summed E-state index contributed by atoms with van der Waals surface area (Å²) < 4.78 is 1.13. The smallest absolute Gasteiger partial charge is 0.0688 e. The molecule has 0 heterocycles. The molecule has 1 rings (SSSR count). The first-order valence-corrected chi connectivity index (χ1v) is 6.30. The summed E-state index contributed by atoms with van der Waals surface area (Å²) in [6.45, 7) is 8.64. The number of halogens is 1. The largest absolute Gasteiger partial charge is 0.392 e. The second-order valence-electron chi connectivity index (χ2n) is 4.83. The normalized spacial score (nSPS) is 13.9. The molecule has 0 saturated carbocycles. The standard InChI is InChI=1S/C13H20BrNO/c1-9-5-6-11(7-12(9)14)8-15-13(3,4)10(2)16/h5-7,10,15-16H,8H2,1-4H3. The lowest BCUT2D eigenvalue weighted by molar-refractivity contribution is 0.0956. The van der Waals surface area contributed by atoms with Crippen LogP contribution >= 0.6 is 15.9 Å². The number of hydrogen-bond donors (Lipinski definition) is 2. The maximum absolute atomic E-state index is 9.59. The van der Waals surface area contributed by atoms with Gasteiger partial charge in [-0.1, -0.05) is 28.1 Å². The van der Waals surface area contributed by atoms with Crippen molar-refractivity contribution in [3.8, 4) is 0 Å². The van der Waals surface area contributed by atoms with Gasteiger partial charge >= 0.3 is 0 Å². The summed E-state index contributed by atoms with van der Waals surface area (Å²) in [6, 6.07) is 6.31. The third kappa shape index (κ3) is 3.58. The SMILES string of the molecule is Cc1ccc(CNC(C)(C)C(C)O)cc1Br. The molecule has 0 fully saturated rings. The first-order valence-electron chi connectivity index (χ1n) is 5.51. The summed E-state index contributed by atoms with van der Waals surface area (Å²) in [5.74, 6) is 0. The van der Waals surface area contributed by atoms with Crippen LogP contribution in [0.4, 0.5) is 0 Å². The van der Waals surface area contributed by atoms with Crippen LogP contribution in [-0.2, 0) is 6.54 Å². The molecular weight excluding hydrogens is 266 g/mol. The van der Waals surface area contributed by atoms with Crippen LogP contribution in [0, 0.1) is 6.92 Å². The predicted octanol–water partition coefficient (Wildman–Crippen LogP) is 3.01. The maximum Gasteiger partial charge on any atom is 0.0688 e. The Balaban J connectivity index is 2.65. The van der Waals surface area contributed by atoms with E-state index in [0.717, 1.165) is 11.0 Å².